The molecule has 1 fully saturated rings. The Morgan fingerprint density at radius 3 is 2.32 bits per heavy atom. The van der Waals surface area contributed by atoms with Crippen LogP contribution in [0.2, 0.25) is 0 Å². The number of hydrogen-bond donors (Lipinski definition) is 0. The monoisotopic (exact) mass is 460 g/mol. The van der Waals surface area contributed by atoms with E-state index >= 15 is 0 Å². The van der Waals surface area contributed by atoms with Crippen molar-refractivity contribution >= 4 is 5.91 Å². The average molecular weight is 461 g/mol. The van der Waals surface area contributed by atoms with E-state index in [4.69, 9.17) is 4.52 Å². The molecule has 1 aliphatic heterocycles. The minimum absolute atomic E-state index is 0.0753. The highest BCUT2D eigenvalue weighted by Crippen LogP contribution is 2.26. The molecular weight excluding hydrogens is 424 g/mol. The highest BCUT2D eigenvalue weighted by Gasteiger charge is 2.28. The standard InChI is InChI=1S/C28H36N4O2/c1-20-6-8-21(9-7-20)18-31(5)27(33)23-14-16-32(17-15-23)19-25-29-26(30-34-25)22-10-12-24(13-11-22)28(2,3)4/h6-13,23H,14-19H2,1-5H3. The Morgan fingerprint density at radius 1 is 1.06 bits per heavy atom. The number of amides is 1. The first-order valence-electron chi connectivity index (χ1n) is 12.2. The number of carbonyl (C=O) groups is 1. The van der Waals surface area contributed by atoms with Crippen LogP contribution >= 0.6 is 0 Å². The second kappa shape index (κ2) is 10.1. The van der Waals surface area contributed by atoms with Gasteiger partial charge in [0.15, 0.2) is 0 Å². The summed E-state index contributed by atoms with van der Waals surface area (Å²) in [7, 11) is 1.91. The summed E-state index contributed by atoms with van der Waals surface area (Å²) in [5.41, 5.74) is 4.76. The van der Waals surface area contributed by atoms with Crippen LogP contribution in [0, 0.1) is 12.8 Å². The van der Waals surface area contributed by atoms with Crippen molar-refractivity contribution in [3.63, 3.8) is 0 Å². The predicted octanol–water partition coefficient (Wildman–Crippen LogP) is 5.21. The number of carbonyl (C=O) groups excluding carboxylic acids is 1. The van der Waals surface area contributed by atoms with Gasteiger partial charge < -0.3 is 9.42 Å². The summed E-state index contributed by atoms with van der Waals surface area (Å²) < 4.78 is 5.53. The van der Waals surface area contributed by atoms with Gasteiger partial charge in [-0.05, 0) is 49.4 Å². The lowest BCUT2D eigenvalue weighted by atomic mass is 9.87. The van der Waals surface area contributed by atoms with Crippen LogP contribution in [0.15, 0.2) is 53.1 Å². The van der Waals surface area contributed by atoms with Crippen LogP contribution in [0.5, 0.6) is 0 Å². The van der Waals surface area contributed by atoms with Gasteiger partial charge in [0, 0.05) is 25.1 Å². The Balaban J connectivity index is 1.27. The van der Waals surface area contributed by atoms with E-state index in [1.54, 1.807) is 0 Å². The maximum Gasteiger partial charge on any atom is 0.241 e. The molecule has 0 unspecified atom stereocenters. The fourth-order valence-electron chi connectivity index (χ4n) is 4.44. The Kier molecular flexibility index (Phi) is 7.17. The molecule has 1 amide bonds. The van der Waals surface area contributed by atoms with Crippen molar-refractivity contribution in [2.45, 2.75) is 59.0 Å². The highest BCUT2D eigenvalue weighted by molar-refractivity contribution is 5.78. The number of hydrogen-bond acceptors (Lipinski definition) is 5. The van der Waals surface area contributed by atoms with Gasteiger partial charge in [-0.3, -0.25) is 9.69 Å². The van der Waals surface area contributed by atoms with Crippen molar-refractivity contribution in [2.24, 2.45) is 5.92 Å². The number of benzene rings is 2. The number of likely N-dealkylation sites (tertiary alicyclic amines) is 1. The largest absolute Gasteiger partial charge is 0.341 e. The van der Waals surface area contributed by atoms with Crippen molar-refractivity contribution in [2.75, 3.05) is 20.1 Å². The van der Waals surface area contributed by atoms with Crippen LogP contribution in [0.25, 0.3) is 11.4 Å². The molecule has 0 spiro atoms. The molecule has 0 radical (unpaired) electrons. The van der Waals surface area contributed by atoms with Gasteiger partial charge in [0.2, 0.25) is 17.6 Å². The molecule has 0 aliphatic carbocycles. The summed E-state index contributed by atoms with van der Waals surface area (Å²) in [6.45, 7) is 11.7. The molecule has 1 saturated heterocycles. The Labute approximate surface area is 203 Å². The Hall–Kier alpha value is -2.99. The van der Waals surface area contributed by atoms with E-state index < -0.39 is 0 Å². The summed E-state index contributed by atoms with van der Waals surface area (Å²) in [6, 6.07) is 16.7. The second-order valence-corrected chi connectivity index (χ2v) is 10.6. The Bertz CT molecular complexity index is 1090. The van der Waals surface area contributed by atoms with E-state index in [1.807, 2.05) is 11.9 Å². The zero-order chi connectivity index (χ0) is 24.3. The molecule has 2 heterocycles. The maximum atomic E-state index is 12.9. The normalized spacial score (nSPS) is 15.4. The number of rotatable bonds is 6. The molecule has 2 aromatic carbocycles. The number of piperidine rings is 1. The van der Waals surface area contributed by atoms with E-state index in [9.17, 15) is 4.79 Å². The molecule has 0 saturated carbocycles. The van der Waals surface area contributed by atoms with Gasteiger partial charge in [-0.25, -0.2) is 0 Å². The third-order valence-corrected chi connectivity index (χ3v) is 6.69. The number of aromatic nitrogens is 2. The SMILES string of the molecule is Cc1ccc(CN(C)C(=O)C2CCN(Cc3nc(-c4ccc(C(C)(C)C)cc4)no3)CC2)cc1. The summed E-state index contributed by atoms with van der Waals surface area (Å²) >= 11 is 0. The fraction of sp³-hybridized carbons (Fsp3) is 0.464. The lowest BCUT2D eigenvalue weighted by molar-refractivity contribution is -0.136. The maximum absolute atomic E-state index is 12.9. The van der Waals surface area contributed by atoms with Crippen LogP contribution in [0.4, 0.5) is 0 Å². The molecule has 4 rings (SSSR count). The lowest BCUT2D eigenvalue weighted by Crippen LogP contribution is -2.40. The topological polar surface area (TPSA) is 62.5 Å². The quantitative estimate of drug-likeness (QED) is 0.505. The molecular formula is C28H36N4O2. The summed E-state index contributed by atoms with van der Waals surface area (Å²) in [5, 5.41) is 4.18. The molecule has 6 nitrogen and oxygen atoms in total. The summed E-state index contributed by atoms with van der Waals surface area (Å²) in [4.78, 5) is 21.7. The smallest absolute Gasteiger partial charge is 0.241 e. The molecule has 0 atom stereocenters. The van der Waals surface area contributed by atoms with Gasteiger partial charge in [-0.15, -0.1) is 0 Å². The predicted molar refractivity (Wildman–Crippen MR) is 134 cm³/mol. The average Bonchev–Trinajstić information content (AvgIpc) is 3.28. The minimum Gasteiger partial charge on any atom is -0.341 e. The van der Waals surface area contributed by atoms with E-state index in [1.165, 1.54) is 16.7 Å². The van der Waals surface area contributed by atoms with Gasteiger partial charge >= 0.3 is 0 Å². The van der Waals surface area contributed by atoms with Crippen molar-refractivity contribution in [1.29, 1.82) is 0 Å². The molecule has 0 N–H and O–H groups in total. The van der Waals surface area contributed by atoms with Crippen molar-refractivity contribution in [3.05, 3.63) is 71.1 Å². The van der Waals surface area contributed by atoms with Gasteiger partial charge in [0.1, 0.15) is 0 Å². The van der Waals surface area contributed by atoms with Crippen LogP contribution < -0.4 is 0 Å². The zero-order valence-electron chi connectivity index (χ0n) is 21.0. The van der Waals surface area contributed by atoms with E-state index in [0.717, 1.165) is 31.5 Å². The lowest BCUT2D eigenvalue weighted by Gasteiger charge is -2.32. The molecule has 1 aromatic heterocycles. The fourth-order valence-corrected chi connectivity index (χ4v) is 4.44. The Morgan fingerprint density at radius 2 is 1.71 bits per heavy atom. The molecule has 34 heavy (non-hydrogen) atoms. The van der Waals surface area contributed by atoms with Gasteiger partial charge in [-0.1, -0.05) is 80.0 Å². The third kappa shape index (κ3) is 5.92. The van der Waals surface area contributed by atoms with E-state index in [0.29, 0.717) is 24.8 Å². The van der Waals surface area contributed by atoms with Gasteiger partial charge in [0.05, 0.1) is 6.54 Å². The molecule has 0 bridgehead atoms. The van der Waals surface area contributed by atoms with Crippen LogP contribution in [-0.2, 0) is 23.3 Å². The third-order valence-electron chi connectivity index (χ3n) is 6.69. The summed E-state index contributed by atoms with van der Waals surface area (Å²) in [5.74, 6) is 1.56. The minimum atomic E-state index is 0.0753. The van der Waals surface area contributed by atoms with Crippen molar-refractivity contribution < 1.29 is 9.32 Å². The van der Waals surface area contributed by atoms with Crippen molar-refractivity contribution in [3.8, 4) is 11.4 Å². The first kappa shape index (κ1) is 24.1. The molecule has 3 aromatic rings. The molecule has 180 valence electrons. The van der Waals surface area contributed by atoms with E-state index in [-0.39, 0.29) is 17.2 Å². The van der Waals surface area contributed by atoms with Gasteiger partial charge in [-0.2, -0.15) is 4.98 Å². The first-order chi connectivity index (χ1) is 16.2. The highest BCUT2D eigenvalue weighted by atomic mass is 16.5. The van der Waals surface area contributed by atoms with E-state index in [2.05, 4.69) is 91.3 Å². The van der Waals surface area contributed by atoms with Crippen LogP contribution in [0.1, 0.15) is 56.2 Å². The summed E-state index contributed by atoms with van der Waals surface area (Å²) in [6.07, 6.45) is 1.71. The van der Waals surface area contributed by atoms with Crippen molar-refractivity contribution in [1.82, 2.24) is 19.9 Å². The zero-order valence-corrected chi connectivity index (χ0v) is 21.0. The molecule has 1 aliphatic rings. The number of nitrogens with zero attached hydrogens (tertiary/aromatic N) is 4. The number of aryl methyl sites for hydroxylation is 1. The van der Waals surface area contributed by atoms with Crippen LogP contribution in [0.3, 0.4) is 0 Å². The molecule has 6 heteroatoms. The second-order valence-electron chi connectivity index (χ2n) is 10.6. The van der Waals surface area contributed by atoms with Crippen LogP contribution in [-0.4, -0.2) is 46.0 Å². The first-order valence-corrected chi connectivity index (χ1v) is 12.2. The van der Waals surface area contributed by atoms with Gasteiger partial charge in [0.25, 0.3) is 0 Å².